The van der Waals surface area contributed by atoms with Crippen LogP contribution in [0.3, 0.4) is 0 Å². The van der Waals surface area contributed by atoms with Crippen LogP contribution in [0.1, 0.15) is 17.0 Å². The molecule has 1 aliphatic heterocycles. The lowest BCUT2D eigenvalue weighted by atomic mass is 9.89. The van der Waals surface area contributed by atoms with Gasteiger partial charge in [-0.05, 0) is 42.0 Å². The zero-order chi connectivity index (χ0) is 16.9. The van der Waals surface area contributed by atoms with Crippen LogP contribution in [0.4, 0.5) is 0 Å². The Bertz CT molecular complexity index is 662. The van der Waals surface area contributed by atoms with Crippen LogP contribution in [-0.4, -0.2) is 37.9 Å². The van der Waals surface area contributed by atoms with Crippen molar-refractivity contribution in [1.29, 1.82) is 0 Å². The van der Waals surface area contributed by atoms with Crippen molar-refractivity contribution in [2.45, 2.75) is 17.4 Å². The molecule has 0 aliphatic carbocycles. The Morgan fingerprint density at radius 3 is 2.62 bits per heavy atom. The molecular weight excluding hydrogens is 316 g/mol. The highest BCUT2D eigenvalue weighted by atomic mass is 32.2. The fraction of sp³-hybridized carbons (Fsp3) is 0.400. The summed E-state index contributed by atoms with van der Waals surface area (Å²) in [6, 6.07) is 17.3. The highest BCUT2D eigenvalue weighted by molar-refractivity contribution is 7.98. The number of nitrogens with zero attached hydrogens (tertiary/aromatic N) is 1. The van der Waals surface area contributed by atoms with E-state index in [1.165, 1.54) is 16.0 Å². The monoisotopic (exact) mass is 342 g/mol. The second-order valence-corrected chi connectivity index (χ2v) is 7.24. The number of likely N-dealkylation sites (tertiary alicyclic amines) is 1. The van der Waals surface area contributed by atoms with Gasteiger partial charge in [0, 0.05) is 30.4 Å². The maximum absolute atomic E-state index is 6.05. The van der Waals surface area contributed by atoms with Gasteiger partial charge >= 0.3 is 0 Å². The van der Waals surface area contributed by atoms with E-state index in [1.54, 1.807) is 18.9 Å². The summed E-state index contributed by atoms with van der Waals surface area (Å²) in [4.78, 5) is 3.70. The number of thioether (sulfide) groups is 1. The number of rotatable bonds is 6. The number of benzene rings is 2. The average molecular weight is 343 g/mol. The Morgan fingerprint density at radius 2 is 1.96 bits per heavy atom. The number of ether oxygens (including phenoxy) is 1. The SMILES string of the molecule is COc1cc(CN2C[C@@H](CN)[C@H](c3ccccc3)C2)ccc1SC. The van der Waals surface area contributed by atoms with Crippen molar-refractivity contribution in [3.8, 4) is 5.75 Å². The Morgan fingerprint density at radius 1 is 1.17 bits per heavy atom. The minimum absolute atomic E-state index is 0.528. The Kier molecular flexibility index (Phi) is 5.82. The first-order valence-electron chi connectivity index (χ1n) is 8.43. The Hall–Kier alpha value is -1.49. The van der Waals surface area contributed by atoms with Gasteiger partial charge in [0.2, 0.25) is 0 Å². The first-order valence-corrected chi connectivity index (χ1v) is 9.66. The predicted octanol–water partition coefficient (Wildman–Crippen LogP) is 3.59. The molecular formula is C20H26N2OS. The molecule has 128 valence electrons. The lowest BCUT2D eigenvalue weighted by molar-refractivity contribution is 0.315. The van der Waals surface area contributed by atoms with Gasteiger partial charge in [0.15, 0.2) is 0 Å². The summed E-state index contributed by atoms with van der Waals surface area (Å²) in [5.41, 5.74) is 8.76. The van der Waals surface area contributed by atoms with Crippen LogP contribution in [0.15, 0.2) is 53.4 Å². The summed E-state index contributed by atoms with van der Waals surface area (Å²) in [6.07, 6.45) is 2.08. The van der Waals surface area contributed by atoms with E-state index in [9.17, 15) is 0 Å². The highest BCUT2D eigenvalue weighted by Crippen LogP contribution is 2.34. The van der Waals surface area contributed by atoms with Crippen LogP contribution in [0.5, 0.6) is 5.75 Å². The molecule has 0 unspecified atom stereocenters. The van der Waals surface area contributed by atoms with Gasteiger partial charge in [-0.25, -0.2) is 0 Å². The Labute approximate surface area is 149 Å². The van der Waals surface area contributed by atoms with E-state index in [4.69, 9.17) is 10.5 Å². The maximum atomic E-state index is 6.05. The predicted molar refractivity (Wildman–Crippen MR) is 102 cm³/mol. The van der Waals surface area contributed by atoms with Crippen LogP contribution >= 0.6 is 11.8 Å². The molecule has 2 aromatic rings. The lowest BCUT2D eigenvalue weighted by Crippen LogP contribution is -2.23. The zero-order valence-corrected chi connectivity index (χ0v) is 15.3. The molecule has 1 saturated heterocycles. The topological polar surface area (TPSA) is 38.5 Å². The second-order valence-electron chi connectivity index (χ2n) is 6.40. The molecule has 2 atom stereocenters. The normalized spacial score (nSPS) is 21.1. The molecule has 0 aromatic heterocycles. The number of hydrogen-bond acceptors (Lipinski definition) is 4. The molecule has 2 aromatic carbocycles. The molecule has 0 radical (unpaired) electrons. The summed E-state index contributed by atoms with van der Waals surface area (Å²) >= 11 is 1.72. The van der Waals surface area contributed by atoms with E-state index in [-0.39, 0.29) is 0 Å². The summed E-state index contributed by atoms with van der Waals surface area (Å²) in [7, 11) is 1.74. The van der Waals surface area contributed by atoms with E-state index in [0.29, 0.717) is 11.8 Å². The van der Waals surface area contributed by atoms with Crippen molar-refractivity contribution >= 4 is 11.8 Å². The summed E-state index contributed by atoms with van der Waals surface area (Å²) < 4.78 is 5.51. The molecule has 0 saturated carbocycles. The largest absolute Gasteiger partial charge is 0.496 e. The molecule has 0 spiro atoms. The van der Waals surface area contributed by atoms with Crippen molar-refractivity contribution < 1.29 is 4.74 Å². The maximum Gasteiger partial charge on any atom is 0.132 e. The van der Waals surface area contributed by atoms with Gasteiger partial charge in [-0.3, -0.25) is 4.90 Å². The van der Waals surface area contributed by atoms with Crippen molar-refractivity contribution in [3.63, 3.8) is 0 Å². The molecule has 24 heavy (non-hydrogen) atoms. The van der Waals surface area contributed by atoms with E-state index in [1.807, 2.05) is 0 Å². The third-order valence-electron chi connectivity index (χ3n) is 4.90. The van der Waals surface area contributed by atoms with Crippen LogP contribution in [0, 0.1) is 5.92 Å². The van der Waals surface area contributed by atoms with Crippen molar-refractivity contribution in [2.24, 2.45) is 11.7 Å². The second kappa shape index (κ2) is 8.06. The molecule has 1 fully saturated rings. The molecule has 0 bridgehead atoms. The molecule has 4 heteroatoms. The van der Waals surface area contributed by atoms with Gasteiger partial charge < -0.3 is 10.5 Å². The third-order valence-corrected chi connectivity index (χ3v) is 5.68. The molecule has 0 amide bonds. The molecule has 3 rings (SSSR count). The van der Waals surface area contributed by atoms with Crippen molar-refractivity contribution in [1.82, 2.24) is 4.90 Å². The van der Waals surface area contributed by atoms with Crippen molar-refractivity contribution in [3.05, 3.63) is 59.7 Å². The summed E-state index contributed by atoms with van der Waals surface area (Å²) in [5.74, 6) is 2.03. The fourth-order valence-electron chi connectivity index (χ4n) is 3.64. The molecule has 3 nitrogen and oxygen atoms in total. The van der Waals surface area contributed by atoms with Gasteiger partial charge in [0.25, 0.3) is 0 Å². The summed E-state index contributed by atoms with van der Waals surface area (Å²) in [6.45, 7) is 3.82. The van der Waals surface area contributed by atoms with Gasteiger partial charge in [-0.15, -0.1) is 11.8 Å². The molecule has 2 N–H and O–H groups in total. The highest BCUT2D eigenvalue weighted by Gasteiger charge is 2.32. The van der Waals surface area contributed by atoms with Gasteiger partial charge in [0.1, 0.15) is 5.75 Å². The van der Waals surface area contributed by atoms with E-state index in [2.05, 4.69) is 59.7 Å². The quantitative estimate of drug-likeness (QED) is 0.814. The van der Waals surface area contributed by atoms with Crippen LogP contribution < -0.4 is 10.5 Å². The van der Waals surface area contributed by atoms with Crippen LogP contribution in [0.2, 0.25) is 0 Å². The summed E-state index contributed by atoms with van der Waals surface area (Å²) in [5, 5.41) is 0. The Balaban J connectivity index is 1.72. The van der Waals surface area contributed by atoms with Crippen LogP contribution in [0.25, 0.3) is 0 Å². The van der Waals surface area contributed by atoms with Gasteiger partial charge in [-0.2, -0.15) is 0 Å². The van der Waals surface area contributed by atoms with Crippen LogP contribution in [-0.2, 0) is 6.54 Å². The van der Waals surface area contributed by atoms with Crippen molar-refractivity contribution in [2.75, 3.05) is 33.0 Å². The molecule has 1 heterocycles. The number of hydrogen-bond donors (Lipinski definition) is 1. The first-order chi connectivity index (χ1) is 11.7. The zero-order valence-electron chi connectivity index (χ0n) is 14.4. The number of methoxy groups -OCH3 is 1. The van der Waals surface area contributed by atoms with Gasteiger partial charge in [0.05, 0.1) is 7.11 Å². The smallest absolute Gasteiger partial charge is 0.132 e. The van der Waals surface area contributed by atoms with E-state index in [0.717, 1.165) is 31.9 Å². The van der Waals surface area contributed by atoms with Gasteiger partial charge in [-0.1, -0.05) is 36.4 Å². The average Bonchev–Trinajstić information content (AvgIpc) is 3.05. The van der Waals surface area contributed by atoms with E-state index >= 15 is 0 Å². The third kappa shape index (κ3) is 3.77. The first kappa shape index (κ1) is 17.3. The molecule has 1 aliphatic rings. The standard InChI is InChI=1S/C20H26N2OS/c1-23-19-10-15(8-9-20(19)24-2)12-22-13-17(11-21)18(14-22)16-6-4-3-5-7-16/h3-10,17-18H,11-14,21H2,1-2H3/t17-,18+/m1/s1. The lowest BCUT2D eigenvalue weighted by Gasteiger charge is -2.17. The number of nitrogens with two attached hydrogens (primary N) is 1. The fourth-order valence-corrected chi connectivity index (χ4v) is 4.19. The minimum Gasteiger partial charge on any atom is -0.496 e. The minimum atomic E-state index is 0.528. The van der Waals surface area contributed by atoms with E-state index < -0.39 is 0 Å².